The minimum atomic E-state index is -0.520. The molecule has 5 nitrogen and oxygen atoms in total. The number of nitrogens with one attached hydrogen (secondary N) is 2. The molecule has 2 aromatic carbocycles. The van der Waals surface area contributed by atoms with Crippen molar-refractivity contribution in [3.05, 3.63) is 68.6 Å². The van der Waals surface area contributed by atoms with Gasteiger partial charge in [0.15, 0.2) is 11.4 Å². The number of ketones is 1. The van der Waals surface area contributed by atoms with Crippen molar-refractivity contribution in [2.24, 2.45) is 0 Å². The summed E-state index contributed by atoms with van der Waals surface area (Å²) in [5.41, 5.74) is 2.59. The van der Waals surface area contributed by atoms with E-state index < -0.39 is 5.76 Å². The highest BCUT2D eigenvalue weighted by molar-refractivity contribution is 9.10. The van der Waals surface area contributed by atoms with Crippen LogP contribution in [0.25, 0.3) is 11.1 Å². The van der Waals surface area contributed by atoms with Gasteiger partial charge in [0.25, 0.3) is 0 Å². The van der Waals surface area contributed by atoms with Gasteiger partial charge in [0.2, 0.25) is 0 Å². The quantitative estimate of drug-likeness (QED) is 0.686. The van der Waals surface area contributed by atoms with E-state index in [1.807, 2.05) is 24.3 Å². The summed E-state index contributed by atoms with van der Waals surface area (Å²) in [6.45, 7) is 0.830. The number of Topliss-reactive ketones (excluding diaryl/α,β-unsaturated/α-hetero) is 1. The predicted molar refractivity (Wildman–Crippen MR) is 87.0 cm³/mol. The first kappa shape index (κ1) is 14.7. The van der Waals surface area contributed by atoms with E-state index in [0.29, 0.717) is 23.2 Å². The summed E-state index contributed by atoms with van der Waals surface area (Å²) in [5.74, 6) is -0.573. The molecule has 0 aliphatic rings. The van der Waals surface area contributed by atoms with Crippen LogP contribution in [0.4, 0.5) is 0 Å². The Bertz CT molecular complexity index is 865. The molecular weight excluding hydrogens is 348 g/mol. The molecule has 3 rings (SSSR count). The number of carbonyl (C=O) groups excluding carboxylic acids is 1. The molecule has 6 heteroatoms. The van der Waals surface area contributed by atoms with Gasteiger partial charge in [0, 0.05) is 16.6 Å². The smallest absolute Gasteiger partial charge is 0.408 e. The van der Waals surface area contributed by atoms with Crippen molar-refractivity contribution in [3.8, 4) is 0 Å². The lowest BCUT2D eigenvalue weighted by Crippen LogP contribution is -2.22. The van der Waals surface area contributed by atoms with Crippen LogP contribution >= 0.6 is 15.9 Å². The fourth-order valence-electron chi connectivity index (χ4n) is 2.14. The molecule has 0 radical (unpaired) electrons. The highest BCUT2D eigenvalue weighted by Crippen LogP contribution is 2.13. The molecule has 0 bridgehead atoms. The molecule has 1 heterocycles. The topological polar surface area (TPSA) is 75.1 Å². The zero-order valence-electron chi connectivity index (χ0n) is 11.6. The first-order valence-electron chi connectivity index (χ1n) is 6.73. The third-order valence-corrected chi connectivity index (χ3v) is 3.80. The molecule has 1 aromatic heterocycles. The van der Waals surface area contributed by atoms with Gasteiger partial charge < -0.3 is 9.73 Å². The van der Waals surface area contributed by atoms with E-state index >= 15 is 0 Å². The summed E-state index contributed by atoms with van der Waals surface area (Å²) in [5, 5.41) is 3.11. The second-order valence-corrected chi connectivity index (χ2v) is 5.79. The van der Waals surface area contributed by atoms with Gasteiger partial charge in [0.05, 0.1) is 12.1 Å². The van der Waals surface area contributed by atoms with Gasteiger partial charge in [-0.3, -0.25) is 9.78 Å². The third kappa shape index (κ3) is 3.35. The lowest BCUT2D eigenvalue weighted by atomic mass is 10.1. The number of aromatic nitrogens is 1. The maximum Gasteiger partial charge on any atom is 0.417 e. The molecule has 0 amide bonds. The number of hydrogen-bond donors (Lipinski definition) is 2. The largest absolute Gasteiger partial charge is 0.417 e. The Morgan fingerprint density at radius 2 is 1.95 bits per heavy atom. The average molecular weight is 361 g/mol. The van der Waals surface area contributed by atoms with Gasteiger partial charge in [-0.05, 0) is 35.9 Å². The van der Waals surface area contributed by atoms with Crippen LogP contribution in [0.1, 0.15) is 15.9 Å². The zero-order chi connectivity index (χ0) is 15.5. The highest BCUT2D eigenvalue weighted by Gasteiger charge is 2.08. The summed E-state index contributed by atoms with van der Waals surface area (Å²) in [6.07, 6.45) is 0. The first-order chi connectivity index (χ1) is 10.6. The Labute approximate surface area is 134 Å². The van der Waals surface area contributed by atoms with Crippen LogP contribution in [0.2, 0.25) is 0 Å². The van der Waals surface area contributed by atoms with Gasteiger partial charge in [-0.2, -0.15) is 0 Å². The minimum absolute atomic E-state index is 0.0529. The minimum Gasteiger partial charge on any atom is -0.408 e. The molecule has 2 N–H and O–H groups in total. The highest BCUT2D eigenvalue weighted by atomic mass is 79.9. The zero-order valence-corrected chi connectivity index (χ0v) is 13.1. The lowest BCUT2D eigenvalue weighted by Gasteiger charge is -2.05. The number of oxazole rings is 1. The van der Waals surface area contributed by atoms with Gasteiger partial charge in [0.1, 0.15) is 0 Å². The number of H-pyrrole nitrogens is 1. The number of carbonyl (C=O) groups is 1. The van der Waals surface area contributed by atoms with E-state index in [4.69, 9.17) is 4.42 Å². The number of aromatic amines is 1. The molecule has 3 aromatic rings. The Hall–Kier alpha value is -2.18. The Morgan fingerprint density at radius 3 is 2.73 bits per heavy atom. The first-order valence-corrected chi connectivity index (χ1v) is 7.52. The van der Waals surface area contributed by atoms with Crippen LogP contribution in [0, 0.1) is 0 Å². The van der Waals surface area contributed by atoms with E-state index in [9.17, 15) is 9.59 Å². The van der Waals surface area contributed by atoms with Crippen LogP contribution < -0.4 is 11.1 Å². The second kappa shape index (κ2) is 6.29. The van der Waals surface area contributed by atoms with Crippen molar-refractivity contribution in [1.82, 2.24) is 10.3 Å². The van der Waals surface area contributed by atoms with Gasteiger partial charge in [-0.15, -0.1) is 0 Å². The molecule has 112 valence electrons. The van der Waals surface area contributed by atoms with E-state index in [2.05, 4.69) is 26.2 Å². The Morgan fingerprint density at radius 1 is 1.18 bits per heavy atom. The fraction of sp³-hybridized carbons (Fsp3) is 0.125. The molecule has 0 saturated carbocycles. The fourth-order valence-corrected chi connectivity index (χ4v) is 2.41. The predicted octanol–water partition coefficient (Wildman–Crippen LogP) is 2.86. The summed E-state index contributed by atoms with van der Waals surface area (Å²) in [7, 11) is 0. The third-order valence-electron chi connectivity index (χ3n) is 3.27. The van der Waals surface area contributed by atoms with Crippen molar-refractivity contribution < 1.29 is 9.21 Å². The summed E-state index contributed by atoms with van der Waals surface area (Å²) >= 11 is 3.38. The van der Waals surface area contributed by atoms with Crippen LogP contribution in [0.3, 0.4) is 0 Å². The van der Waals surface area contributed by atoms with E-state index in [-0.39, 0.29) is 12.3 Å². The number of halogens is 1. The van der Waals surface area contributed by atoms with E-state index in [1.165, 1.54) is 0 Å². The van der Waals surface area contributed by atoms with Crippen LogP contribution in [0.5, 0.6) is 0 Å². The lowest BCUT2D eigenvalue weighted by molar-refractivity contribution is 0.0991. The van der Waals surface area contributed by atoms with Crippen molar-refractivity contribution in [1.29, 1.82) is 0 Å². The van der Waals surface area contributed by atoms with Crippen LogP contribution in [-0.2, 0) is 6.54 Å². The van der Waals surface area contributed by atoms with Gasteiger partial charge in [-0.1, -0.05) is 28.1 Å². The molecule has 0 unspecified atom stereocenters. The van der Waals surface area contributed by atoms with Crippen molar-refractivity contribution in [3.63, 3.8) is 0 Å². The van der Waals surface area contributed by atoms with Crippen LogP contribution in [-0.4, -0.2) is 17.3 Å². The number of fused-ring (bicyclic) bond motifs is 1. The molecule has 0 saturated heterocycles. The van der Waals surface area contributed by atoms with Crippen LogP contribution in [0.15, 0.2) is 56.1 Å². The van der Waals surface area contributed by atoms with E-state index in [1.54, 1.807) is 18.2 Å². The standard InChI is InChI=1S/C16H13BrN2O3/c17-12-4-1-10(2-5-12)8-18-9-14(20)11-3-6-13-15(7-11)22-16(21)19-13/h1-7,18H,8-9H2,(H,19,21). The maximum absolute atomic E-state index is 12.1. The maximum atomic E-state index is 12.1. The molecule has 22 heavy (non-hydrogen) atoms. The monoisotopic (exact) mass is 360 g/mol. The normalized spacial score (nSPS) is 11.0. The molecular formula is C16H13BrN2O3. The molecule has 0 spiro atoms. The molecule has 0 aliphatic heterocycles. The number of benzene rings is 2. The Balaban J connectivity index is 1.63. The molecule has 0 fully saturated rings. The molecule has 0 atom stereocenters. The van der Waals surface area contributed by atoms with Crippen molar-refractivity contribution in [2.75, 3.05) is 6.54 Å². The van der Waals surface area contributed by atoms with E-state index in [0.717, 1.165) is 10.0 Å². The van der Waals surface area contributed by atoms with Gasteiger partial charge >= 0.3 is 5.76 Å². The van der Waals surface area contributed by atoms with Gasteiger partial charge in [-0.25, -0.2) is 4.79 Å². The van der Waals surface area contributed by atoms with Crippen molar-refractivity contribution in [2.45, 2.75) is 6.54 Å². The average Bonchev–Trinajstić information content (AvgIpc) is 2.88. The summed E-state index contributed by atoms with van der Waals surface area (Å²) in [4.78, 5) is 25.8. The summed E-state index contributed by atoms with van der Waals surface area (Å²) in [6, 6.07) is 12.8. The second-order valence-electron chi connectivity index (χ2n) is 4.88. The van der Waals surface area contributed by atoms with Crippen molar-refractivity contribution >= 4 is 32.8 Å². The molecule has 0 aliphatic carbocycles. The number of rotatable bonds is 5. The SMILES string of the molecule is O=C(CNCc1ccc(Br)cc1)c1ccc2[nH]c(=O)oc2c1. The Kier molecular flexibility index (Phi) is 4.22. The number of hydrogen-bond acceptors (Lipinski definition) is 4. The summed E-state index contributed by atoms with van der Waals surface area (Å²) < 4.78 is 5.98.